The number of ether oxygens (including phenoxy) is 1. The van der Waals surface area contributed by atoms with Crippen molar-refractivity contribution in [1.29, 1.82) is 0 Å². The molecule has 2 amide bonds. The van der Waals surface area contributed by atoms with Crippen LogP contribution in [0.2, 0.25) is 0 Å². The van der Waals surface area contributed by atoms with Crippen LogP contribution in [0.4, 0.5) is 10.1 Å². The Bertz CT molecular complexity index is 954. The number of rotatable bonds is 9. The second kappa shape index (κ2) is 9.78. The number of benzene rings is 2. The summed E-state index contributed by atoms with van der Waals surface area (Å²) >= 11 is 0. The van der Waals surface area contributed by atoms with Crippen LogP contribution in [0.15, 0.2) is 48.5 Å². The number of nitrogens with one attached hydrogen (secondary N) is 2. The van der Waals surface area contributed by atoms with Crippen molar-refractivity contribution >= 4 is 29.3 Å². The fraction of sp³-hybridized carbons (Fsp3) is 0.273. The Morgan fingerprint density at radius 1 is 0.967 bits per heavy atom. The first kappa shape index (κ1) is 21.2. The van der Waals surface area contributed by atoms with Gasteiger partial charge in [-0.15, -0.1) is 0 Å². The first-order valence-corrected chi connectivity index (χ1v) is 9.56. The van der Waals surface area contributed by atoms with E-state index in [1.807, 2.05) is 0 Å². The van der Waals surface area contributed by atoms with Crippen LogP contribution in [0.3, 0.4) is 0 Å². The molecule has 2 N–H and O–H groups in total. The minimum Gasteiger partial charge on any atom is -0.456 e. The third-order valence-corrected chi connectivity index (χ3v) is 4.44. The van der Waals surface area contributed by atoms with E-state index in [-0.39, 0.29) is 30.6 Å². The minimum absolute atomic E-state index is 0.115. The van der Waals surface area contributed by atoms with E-state index in [4.69, 9.17) is 4.74 Å². The van der Waals surface area contributed by atoms with Crippen LogP contribution in [0.25, 0.3) is 0 Å². The van der Waals surface area contributed by atoms with Gasteiger partial charge in [0.1, 0.15) is 5.82 Å². The van der Waals surface area contributed by atoms with Crippen LogP contribution < -0.4 is 10.6 Å². The van der Waals surface area contributed by atoms with Crippen LogP contribution in [0.5, 0.6) is 0 Å². The number of hydrogen-bond donors (Lipinski definition) is 2. The number of amides is 2. The number of para-hydroxylation sites is 1. The molecule has 0 spiro atoms. The second-order valence-corrected chi connectivity index (χ2v) is 6.93. The Morgan fingerprint density at radius 2 is 1.67 bits per heavy atom. The zero-order valence-corrected chi connectivity index (χ0v) is 16.2. The van der Waals surface area contributed by atoms with Gasteiger partial charge in [0.25, 0.3) is 11.8 Å². The van der Waals surface area contributed by atoms with Crippen molar-refractivity contribution in [3.8, 4) is 0 Å². The number of halogens is 1. The fourth-order valence-electron chi connectivity index (χ4n) is 2.68. The van der Waals surface area contributed by atoms with Crippen LogP contribution in [-0.4, -0.2) is 36.2 Å². The maximum Gasteiger partial charge on any atom is 0.306 e. The van der Waals surface area contributed by atoms with Crippen molar-refractivity contribution in [2.75, 3.05) is 11.9 Å². The standard InChI is InChI=1S/C22H21FN2O5/c23-15-7-5-14(6-8-15)19(26)11-12-21(28)30-13-20(27)25-18-4-2-1-3-17(18)22(29)24-16-9-10-16/h1-8,16H,9-13H2,(H,24,29)(H,25,27). The van der Waals surface area contributed by atoms with Crippen LogP contribution in [0.1, 0.15) is 46.4 Å². The molecule has 1 saturated carbocycles. The van der Waals surface area contributed by atoms with Gasteiger partial charge in [0.2, 0.25) is 0 Å². The number of carbonyl (C=O) groups is 4. The van der Waals surface area contributed by atoms with E-state index in [2.05, 4.69) is 10.6 Å². The predicted molar refractivity (Wildman–Crippen MR) is 106 cm³/mol. The lowest BCUT2D eigenvalue weighted by Gasteiger charge is -2.11. The van der Waals surface area contributed by atoms with Crippen molar-refractivity contribution in [2.24, 2.45) is 0 Å². The molecule has 0 aliphatic heterocycles. The number of Topliss-reactive ketones (excluding diaryl/α,β-unsaturated/α-hetero) is 1. The van der Waals surface area contributed by atoms with E-state index in [9.17, 15) is 23.6 Å². The van der Waals surface area contributed by atoms with Gasteiger partial charge in [-0.2, -0.15) is 0 Å². The molecule has 7 nitrogen and oxygen atoms in total. The first-order valence-electron chi connectivity index (χ1n) is 9.56. The highest BCUT2D eigenvalue weighted by Crippen LogP contribution is 2.21. The van der Waals surface area contributed by atoms with Crippen molar-refractivity contribution in [3.63, 3.8) is 0 Å². The van der Waals surface area contributed by atoms with Crippen molar-refractivity contribution in [3.05, 3.63) is 65.5 Å². The van der Waals surface area contributed by atoms with Gasteiger partial charge < -0.3 is 15.4 Å². The molecule has 0 saturated heterocycles. The van der Waals surface area contributed by atoms with Crippen LogP contribution in [0, 0.1) is 5.82 Å². The highest BCUT2D eigenvalue weighted by molar-refractivity contribution is 6.04. The number of carbonyl (C=O) groups excluding carboxylic acids is 4. The van der Waals surface area contributed by atoms with Gasteiger partial charge in [-0.3, -0.25) is 19.2 Å². The largest absolute Gasteiger partial charge is 0.456 e. The SMILES string of the molecule is O=C(COC(=O)CCC(=O)c1ccc(F)cc1)Nc1ccccc1C(=O)NC1CC1. The zero-order valence-electron chi connectivity index (χ0n) is 16.2. The van der Waals surface area contributed by atoms with Gasteiger partial charge in [-0.25, -0.2) is 4.39 Å². The van der Waals surface area contributed by atoms with E-state index >= 15 is 0 Å². The summed E-state index contributed by atoms with van der Waals surface area (Å²) in [5.74, 6) is -2.36. The molecular weight excluding hydrogens is 391 g/mol. The fourth-order valence-corrected chi connectivity index (χ4v) is 2.68. The van der Waals surface area contributed by atoms with E-state index in [1.165, 1.54) is 24.3 Å². The van der Waals surface area contributed by atoms with E-state index in [0.29, 0.717) is 16.8 Å². The maximum absolute atomic E-state index is 12.9. The summed E-state index contributed by atoms with van der Waals surface area (Å²) in [6.45, 7) is -0.540. The first-order chi connectivity index (χ1) is 14.4. The highest BCUT2D eigenvalue weighted by atomic mass is 19.1. The molecule has 2 aromatic carbocycles. The lowest BCUT2D eigenvalue weighted by atomic mass is 10.1. The summed E-state index contributed by atoms with van der Waals surface area (Å²) in [4.78, 5) is 48.1. The topological polar surface area (TPSA) is 102 Å². The molecule has 0 atom stereocenters. The summed E-state index contributed by atoms with van der Waals surface area (Å²) in [5.41, 5.74) is 0.945. The van der Waals surface area contributed by atoms with Crippen LogP contribution >= 0.6 is 0 Å². The van der Waals surface area contributed by atoms with E-state index < -0.39 is 24.3 Å². The number of ketones is 1. The maximum atomic E-state index is 12.9. The van der Waals surface area contributed by atoms with Gasteiger partial charge in [-0.05, 0) is 49.2 Å². The minimum atomic E-state index is -0.708. The number of hydrogen-bond acceptors (Lipinski definition) is 5. The smallest absolute Gasteiger partial charge is 0.306 e. The summed E-state index contributed by atoms with van der Waals surface area (Å²) in [6, 6.07) is 11.7. The molecule has 0 radical (unpaired) electrons. The zero-order chi connectivity index (χ0) is 21.5. The second-order valence-electron chi connectivity index (χ2n) is 6.93. The molecule has 0 heterocycles. The van der Waals surface area contributed by atoms with Gasteiger partial charge in [-0.1, -0.05) is 12.1 Å². The molecule has 8 heteroatoms. The average Bonchev–Trinajstić information content (AvgIpc) is 3.55. The molecule has 1 aliphatic carbocycles. The normalized spacial score (nSPS) is 12.7. The summed E-state index contributed by atoms with van der Waals surface area (Å²) in [5, 5.41) is 5.41. The molecular formula is C22H21FN2O5. The third-order valence-electron chi connectivity index (χ3n) is 4.44. The predicted octanol–water partition coefficient (Wildman–Crippen LogP) is 2.86. The molecule has 2 aromatic rings. The monoisotopic (exact) mass is 412 g/mol. The molecule has 30 heavy (non-hydrogen) atoms. The number of anilines is 1. The lowest BCUT2D eigenvalue weighted by Crippen LogP contribution is -2.28. The Kier molecular flexibility index (Phi) is 6.90. The number of esters is 1. The Morgan fingerprint density at radius 3 is 2.37 bits per heavy atom. The van der Waals surface area contributed by atoms with Gasteiger partial charge in [0.05, 0.1) is 17.7 Å². The van der Waals surface area contributed by atoms with E-state index in [1.54, 1.807) is 24.3 Å². The van der Waals surface area contributed by atoms with Crippen molar-refractivity contribution < 1.29 is 28.3 Å². The third kappa shape index (κ3) is 6.23. The Balaban J connectivity index is 1.44. The summed E-state index contributed by atoms with van der Waals surface area (Å²) in [6.07, 6.45) is 1.57. The summed E-state index contributed by atoms with van der Waals surface area (Å²) in [7, 11) is 0. The molecule has 0 bridgehead atoms. The average molecular weight is 412 g/mol. The Labute approximate surface area is 172 Å². The van der Waals surface area contributed by atoms with E-state index in [0.717, 1.165) is 12.8 Å². The molecule has 0 aromatic heterocycles. The molecule has 1 aliphatic rings. The Hall–Kier alpha value is -3.55. The van der Waals surface area contributed by atoms with Gasteiger partial charge in [0, 0.05) is 18.0 Å². The summed E-state index contributed by atoms with van der Waals surface area (Å²) < 4.78 is 17.8. The lowest BCUT2D eigenvalue weighted by molar-refractivity contribution is -0.147. The van der Waals surface area contributed by atoms with Gasteiger partial charge >= 0.3 is 5.97 Å². The highest BCUT2D eigenvalue weighted by Gasteiger charge is 2.25. The van der Waals surface area contributed by atoms with Crippen LogP contribution in [-0.2, 0) is 14.3 Å². The van der Waals surface area contributed by atoms with Crippen molar-refractivity contribution in [2.45, 2.75) is 31.7 Å². The molecule has 156 valence electrons. The van der Waals surface area contributed by atoms with Gasteiger partial charge in [0.15, 0.2) is 12.4 Å². The quantitative estimate of drug-likeness (QED) is 0.487. The molecule has 0 unspecified atom stereocenters. The molecule has 1 fully saturated rings. The van der Waals surface area contributed by atoms with Crippen molar-refractivity contribution in [1.82, 2.24) is 5.32 Å². The molecule has 3 rings (SSSR count).